The zero-order valence-electron chi connectivity index (χ0n) is 18.4. The molecule has 0 saturated carbocycles. The summed E-state index contributed by atoms with van der Waals surface area (Å²) in [5.41, 5.74) is 3.61. The van der Waals surface area contributed by atoms with E-state index in [2.05, 4.69) is 30.8 Å². The summed E-state index contributed by atoms with van der Waals surface area (Å²) in [7, 11) is 3.42. The molecule has 0 aliphatic carbocycles. The van der Waals surface area contributed by atoms with Crippen LogP contribution in [0.1, 0.15) is 12.8 Å². The van der Waals surface area contributed by atoms with Gasteiger partial charge in [-0.1, -0.05) is 0 Å². The second-order valence-corrected chi connectivity index (χ2v) is 7.82. The first-order valence-electron chi connectivity index (χ1n) is 10.6. The topological polar surface area (TPSA) is 120 Å². The monoisotopic (exact) mass is 448 g/mol. The number of fused-ring (bicyclic) bond motifs is 1. The maximum Gasteiger partial charge on any atom is 0.247 e. The average Bonchev–Trinajstić information content (AvgIpc) is 3.46. The van der Waals surface area contributed by atoms with Gasteiger partial charge in [0.25, 0.3) is 0 Å². The highest BCUT2D eigenvalue weighted by Gasteiger charge is 2.22. The molecule has 1 aliphatic heterocycles. The van der Waals surface area contributed by atoms with Gasteiger partial charge in [-0.05, 0) is 25.0 Å². The van der Waals surface area contributed by atoms with E-state index < -0.39 is 0 Å². The molecular weight excluding hydrogens is 424 g/mol. The molecule has 0 spiro atoms. The molecule has 1 fully saturated rings. The fourth-order valence-electron chi connectivity index (χ4n) is 3.81. The molecule has 1 saturated heterocycles. The maximum absolute atomic E-state index is 12.6. The number of amides is 1. The first-order valence-corrected chi connectivity index (χ1v) is 10.6. The average molecular weight is 448 g/mol. The number of carbonyl (C=O) groups excluding carboxylic acids is 1. The molecule has 0 unspecified atom stereocenters. The van der Waals surface area contributed by atoms with Crippen molar-refractivity contribution >= 4 is 28.9 Å². The van der Waals surface area contributed by atoms with E-state index in [9.17, 15) is 4.79 Å². The van der Waals surface area contributed by atoms with Crippen molar-refractivity contribution in [3.8, 4) is 17.0 Å². The van der Waals surface area contributed by atoms with Crippen LogP contribution in [-0.4, -0.2) is 55.6 Å². The molecule has 1 aromatic carbocycles. The Balaban J connectivity index is 1.36. The van der Waals surface area contributed by atoms with Crippen LogP contribution in [0.15, 0.2) is 43.0 Å². The predicted octanol–water partition coefficient (Wildman–Crippen LogP) is 2.64. The van der Waals surface area contributed by atoms with Gasteiger partial charge in [0.2, 0.25) is 11.9 Å². The molecule has 11 heteroatoms. The summed E-state index contributed by atoms with van der Waals surface area (Å²) in [5, 5.41) is 15.0. The molecule has 4 heterocycles. The van der Waals surface area contributed by atoms with E-state index in [-0.39, 0.29) is 11.8 Å². The van der Waals surface area contributed by atoms with Crippen molar-refractivity contribution in [2.75, 3.05) is 31.0 Å². The lowest BCUT2D eigenvalue weighted by molar-refractivity contribution is -0.122. The number of rotatable bonds is 6. The van der Waals surface area contributed by atoms with Crippen LogP contribution in [0, 0.1) is 5.92 Å². The molecule has 3 aromatic heterocycles. The zero-order valence-corrected chi connectivity index (χ0v) is 18.4. The predicted molar refractivity (Wildman–Crippen MR) is 121 cm³/mol. The van der Waals surface area contributed by atoms with Gasteiger partial charge < -0.3 is 20.1 Å². The van der Waals surface area contributed by atoms with Crippen LogP contribution in [0.5, 0.6) is 5.75 Å². The smallest absolute Gasteiger partial charge is 0.247 e. The van der Waals surface area contributed by atoms with E-state index in [1.54, 1.807) is 47.0 Å². The van der Waals surface area contributed by atoms with Crippen molar-refractivity contribution in [3.05, 3.63) is 43.0 Å². The number of methoxy groups -OCH3 is 1. The van der Waals surface area contributed by atoms with Crippen LogP contribution < -0.4 is 15.4 Å². The summed E-state index contributed by atoms with van der Waals surface area (Å²) < 4.78 is 14.3. The van der Waals surface area contributed by atoms with E-state index in [0.29, 0.717) is 36.2 Å². The summed E-state index contributed by atoms with van der Waals surface area (Å²) in [5.74, 6) is 0.886. The standard InChI is InChI=1S/C22H24N8O3/c1-29-13-15(10-24-29)18-11-23-12-20-27-22(28-30(18)20)25-16-3-4-17(19(9-16)32-2)26-21(31)14-5-7-33-8-6-14/h3-4,9-14H,5-8H2,1-2H3,(H,25,28)(H,26,31). The van der Waals surface area contributed by atoms with Gasteiger partial charge in [0, 0.05) is 49.7 Å². The lowest BCUT2D eigenvalue weighted by atomic mass is 9.99. The van der Waals surface area contributed by atoms with Gasteiger partial charge in [0.05, 0.1) is 37.1 Å². The fourth-order valence-corrected chi connectivity index (χ4v) is 3.81. The molecule has 1 aliphatic rings. The maximum atomic E-state index is 12.6. The Morgan fingerprint density at radius 2 is 2.06 bits per heavy atom. The third-order valence-electron chi connectivity index (χ3n) is 5.56. The van der Waals surface area contributed by atoms with Crippen LogP contribution in [0.25, 0.3) is 16.9 Å². The van der Waals surface area contributed by atoms with E-state index in [0.717, 1.165) is 29.8 Å². The van der Waals surface area contributed by atoms with Gasteiger partial charge in [-0.25, -0.2) is 4.52 Å². The molecule has 0 radical (unpaired) electrons. The number of carbonyl (C=O) groups is 1. The van der Waals surface area contributed by atoms with Gasteiger partial charge in [0.15, 0.2) is 5.65 Å². The van der Waals surface area contributed by atoms with Crippen molar-refractivity contribution in [3.63, 3.8) is 0 Å². The van der Waals surface area contributed by atoms with Crippen molar-refractivity contribution in [2.45, 2.75) is 12.8 Å². The Hall–Kier alpha value is -3.99. The second kappa shape index (κ2) is 8.87. The Morgan fingerprint density at radius 3 is 2.82 bits per heavy atom. The minimum Gasteiger partial charge on any atom is -0.494 e. The fraction of sp³-hybridized carbons (Fsp3) is 0.318. The highest BCUT2D eigenvalue weighted by atomic mass is 16.5. The summed E-state index contributed by atoms with van der Waals surface area (Å²) in [4.78, 5) is 21.4. The van der Waals surface area contributed by atoms with E-state index in [1.165, 1.54) is 0 Å². The van der Waals surface area contributed by atoms with Crippen LogP contribution in [0.4, 0.5) is 17.3 Å². The van der Waals surface area contributed by atoms with Crippen molar-refractivity contribution in [1.29, 1.82) is 0 Å². The van der Waals surface area contributed by atoms with E-state index in [4.69, 9.17) is 9.47 Å². The first-order chi connectivity index (χ1) is 16.1. The number of aryl methyl sites for hydroxylation is 1. The first kappa shape index (κ1) is 20.9. The van der Waals surface area contributed by atoms with Gasteiger partial charge in [-0.2, -0.15) is 10.1 Å². The number of nitrogens with one attached hydrogen (secondary N) is 2. The zero-order chi connectivity index (χ0) is 22.8. The second-order valence-electron chi connectivity index (χ2n) is 7.82. The number of hydrogen-bond acceptors (Lipinski definition) is 8. The minimum atomic E-state index is -0.0500. The molecule has 0 bridgehead atoms. The van der Waals surface area contributed by atoms with Gasteiger partial charge >= 0.3 is 0 Å². The number of hydrogen-bond donors (Lipinski definition) is 2. The molecule has 170 valence electrons. The van der Waals surface area contributed by atoms with Crippen molar-refractivity contribution < 1.29 is 14.3 Å². The SMILES string of the molecule is COc1cc(Nc2nc3cncc(-c4cnn(C)c4)n3n2)ccc1NC(=O)C1CCOCC1. The lowest BCUT2D eigenvalue weighted by Gasteiger charge is -2.22. The Kier molecular flexibility index (Phi) is 5.61. The Morgan fingerprint density at radius 1 is 1.21 bits per heavy atom. The molecule has 2 N–H and O–H groups in total. The quantitative estimate of drug-likeness (QED) is 0.462. The number of aromatic nitrogens is 6. The summed E-state index contributed by atoms with van der Waals surface area (Å²) >= 11 is 0. The number of nitrogens with zero attached hydrogens (tertiary/aromatic N) is 6. The highest BCUT2D eigenvalue weighted by molar-refractivity contribution is 5.94. The summed E-state index contributed by atoms with van der Waals surface area (Å²) in [6, 6.07) is 5.44. The molecular formula is C22H24N8O3. The molecule has 33 heavy (non-hydrogen) atoms. The van der Waals surface area contributed by atoms with Gasteiger partial charge in [-0.15, -0.1) is 5.10 Å². The Bertz CT molecular complexity index is 1290. The largest absolute Gasteiger partial charge is 0.494 e. The third-order valence-corrected chi connectivity index (χ3v) is 5.56. The number of benzene rings is 1. The highest BCUT2D eigenvalue weighted by Crippen LogP contribution is 2.30. The summed E-state index contributed by atoms with van der Waals surface area (Å²) in [6.45, 7) is 1.23. The molecule has 11 nitrogen and oxygen atoms in total. The lowest BCUT2D eigenvalue weighted by Crippen LogP contribution is -2.28. The number of anilines is 3. The van der Waals surface area contributed by atoms with Crippen LogP contribution in [-0.2, 0) is 16.6 Å². The van der Waals surface area contributed by atoms with Crippen molar-refractivity contribution in [2.24, 2.45) is 13.0 Å². The van der Waals surface area contributed by atoms with Crippen LogP contribution >= 0.6 is 0 Å². The normalized spacial score (nSPS) is 14.4. The molecule has 1 amide bonds. The van der Waals surface area contributed by atoms with E-state index in [1.807, 2.05) is 19.3 Å². The van der Waals surface area contributed by atoms with Gasteiger partial charge in [-0.3, -0.25) is 14.5 Å². The molecule has 0 atom stereocenters. The van der Waals surface area contributed by atoms with Crippen LogP contribution in [0.3, 0.4) is 0 Å². The van der Waals surface area contributed by atoms with Crippen LogP contribution in [0.2, 0.25) is 0 Å². The molecule has 4 aromatic rings. The number of ether oxygens (including phenoxy) is 2. The van der Waals surface area contributed by atoms with Gasteiger partial charge in [0.1, 0.15) is 5.75 Å². The summed E-state index contributed by atoms with van der Waals surface area (Å²) in [6.07, 6.45) is 8.47. The molecule has 5 rings (SSSR count). The van der Waals surface area contributed by atoms with Crippen molar-refractivity contribution in [1.82, 2.24) is 29.4 Å². The van der Waals surface area contributed by atoms with E-state index >= 15 is 0 Å². The Labute approximate surface area is 189 Å². The third kappa shape index (κ3) is 4.35. The minimum absolute atomic E-state index is 0.0187.